The van der Waals surface area contributed by atoms with Gasteiger partial charge < -0.3 is 4.90 Å². The maximum Gasteiger partial charge on any atom is 0.236 e. The summed E-state index contributed by atoms with van der Waals surface area (Å²) in [7, 11) is 0. The predicted molar refractivity (Wildman–Crippen MR) is 104 cm³/mol. The Balaban J connectivity index is 1.76. The second-order valence-electron chi connectivity index (χ2n) is 6.82. The lowest BCUT2D eigenvalue weighted by molar-refractivity contribution is -0.143. The van der Waals surface area contributed by atoms with Gasteiger partial charge in [0.2, 0.25) is 5.91 Å². The number of rotatable bonds is 2. The van der Waals surface area contributed by atoms with Crippen LogP contribution < -0.4 is 4.90 Å². The number of carbonyl (C=O) groups is 1. The molecule has 0 radical (unpaired) electrons. The second-order valence-corrected chi connectivity index (χ2v) is 8.65. The van der Waals surface area contributed by atoms with E-state index in [1.54, 1.807) is 0 Å². The van der Waals surface area contributed by atoms with Crippen molar-refractivity contribution in [2.45, 2.75) is 38.1 Å². The molecule has 1 saturated heterocycles. The van der Waals surface area contributed by atoms with Crippen LogP contribution in [-0.4, -0.2) is 5.91 Å². The molecule has 2 aromatic rings. The third-order valence-electron chi connectivity index (χ3n) is 5.46. The van der Waals surface area contributed by atoms with Gasteiger partial charge >= 0.3 is 0 Å². The van der Waals surface area contributed by atoms with Gasteiger partial charge in [-0.3, -0.25) is 4.79 Å². The summed E-state index contributed by atoms with van der Waals surface area (Å²) in [4.78, 5) is 15.2. The average Bonchev–Trinajstić information content (AvgIpc) is 2.62. The standard InChI is InChI=1S/C20H19Br2NO/c21-15-6-4-14(5-7-15)18-20(12-2-1-3-13-20)19(24)23(18)17-10-8-16(22)9-11-17/h4-11,18H,1-3,12-13H2/t18-/m0/s1. The highest BCUT2D eigenvalue weighted by molar-refractivity contribution is 9.10. The Morgan fingerprint density at radius 3 is 1.96 bits per heavy atom. The fourth-order valence-electron chi connectivity index (χ4n) is 4.31. The number of nitrogens with zero attached hydrogens (tertiary/aromatic N) is 1. The summed E-state index contributed by atoms with van der Waals surface area (Å²) in [5, 5.41) is 0. The Morgan fingerprint density at radius 2 is 1.38 bits per heavy atom. The van der Waals surface area contributed by atoms with E-state index in [1.807, 2.05) is 29.2 Å². The van der Waals surface area contributed by atoms with Gasteiger partial charge in [0.25, 0.3) is 0 Å². The minimum Gasteiger partial charge on any atom is -0.303 e. The maximum absolute atomic E-state index is 13.2. The first kappa shape index (κ1) is 16.3. The van der Waals surface area contributed by atoms with Crippen molar-refractivity contribution in [1.82, 2.24) is 0 Å². The molecule has 1 atom stereocenters. The van der Waals surface area contributed by atoms with E-state index in [1.165, 1.54) is 12.0 Å². The van der Waals surface area contributed by atoms with Crippen LogP contribution in [0.4, 0.5) is 5.69 Å². The van der Waals surface area contributed by atoms with Crippen molar-refractivity contribution >= 4 is 43.5 Å². The van der Waals surface area contributed by atoms with Gasteiger partial charge in [-0.05, 0) is 54.8 Å². The molecule has 24 heavy (non-hydrogen) atoms. The third kappa shape index (κ3) is 2.55. The van der Waals surface area contributed by atoms with Crippen LogP contribution in [0.2, 0.25) is 0 Å². The average molecular weight is 449 g/mol. The number of amides is 1. The van der Waals surface area contributed by atoms with Crippen molar-refractivity contribution in [3.63, 3.8) is 0 Å². The van der Waals surface area contributed by atoms with Crippen molar-refractivity contribution in [3.05, 3.63) is 63.0 Å². The number of benzene rings is 2. The molecular weight excluding hydrogens is 430 g/mol. The van der Waals surface area contributed by atoms with E-state index in [2.05, 4.69) is 56.1 Å². The molecule has 0 bridgehead atoms. The lowest BCUT2D eigenvalue weighted by Crippen LogP contribution is -2.64. The van der Waals surface area contributed by atoms with E-state index in [0.29, 0.717) is 5.91 Å². The fourth-order valence-corrected chi connectivity index (χ4v) is 4.83. The molecule has 1 aliphatic heterocycles. The molecule has 2 aromatic carbocycles. The first-order valence-electron chi connectivity index (χ1n) is 8.46. The largest absolute Gasteiger partial charge is 0.303 e. The van der Waals surface area contributed by atoms with E-state index >= 15 is 0 Å². The lowest BCUT2D eigenvalue weighted by Gasteiger charge is -2.58. The fraction of sp³-hybridized carbons (Fsp3) is 0.350. The molecule has 4 heteroatoms. The molecule has 0 N–H and O–H groups in total. The van der Waals surface area contributed by atoms with Crippen LogP contribution in [0.15, 0.2) is 57.5 Å². The Morgan fingerprint density at radius 1 is 0.833 bits per heavy atom. The smallest absolute Gasteiger partial charge is 0.236 e. The lowest BCUT2D eigenvalue weighted by atomic mass is 9.60. The third-order valence-corrected chi connectivity index (χ3v) is 6.52. The van der Waals surface area contributed by atoms with Gasteiger partial charge in [0.05, 0.1) is 11.5 Å². The van der Waals surface area contributed by atoms with Crippen molar-refractivity contribution in [1.29, 1.82) is 0 Å². The number of carbonyl (C=O) groups excluding carboxylic acids is 1. The molecule has 2 aliphatic rings. The zero-order chi connectivity index (χ0) is 16.7. The topological polar surface area (TPSA) is 20.3 Å². The Labute approximate surface area is 159 Å². The van der Waals surface area contributed by atoms with Crippen molar-refractivity contribution < 1.29 is 4.79 Å². The van der Waals surface area contributed by atoms with Crippen molar-refractivity contribution in [3.8, 4) is 0 Å². The number of hydrogen-bond donors (Lipinski definition) is 0. The summed E-state index contributed by atoms with van der Waals surface area (Å²) in [5.41, 5.74) is 2.04. The molecule has 1 saturated carbocycles. The van der Waals surface area contributed by atoms with Gasteiger partial charge in [-0.1, -0.05) is 63.3 Å². The molecule has 0 aromatic heterocycles. The highest BCUT2D eigenvalue weighted by atomic mass is 79.9. The molecule has 4 rings (SSSR count). The van der Waals surface area contributed by atoms with Crippen molar-refractivity contribution in [2.24, 2.45) is 5.41 Å². The highest BCUT2D eigenvalue weighted by Crippen LogP contribution is 2.59. The van der Waals surface area contributed by atoms with Crippen LogP contribution in [0.25, 0.3) is 0 Å². The summed E-state index contributed by atoms with van der Waals surface area (Å²) in [6, 6.07) is 16.7. The highest BCUT2D eigenvalue weighted by Gasteiger charge is 2.61. The van der Waals surface area contributed by atoms with Crippen LogP contribution in [0, 0.1) is 5.41 Å². The van der Waals surface area contributed by atoms with Gasteiger partial charge in [0, 0.05) is 14.6 Å². The number of hydrogen-bond acceptors (Lipinski definition) is 1. The van der Waals surface area contributed by atoms with Crippen LogP contribution in [0.3, 0.4) is 0 Å². The molecule has 1 aliphatic carbocycles. The molecule has 2 fully saturated rings. The molecule has 1 amide bonds. The zero-order valence-electron chi connectivity index (χ0n) is 13.3. The molecule has 2 nitrogen and oxygen atoms in total. The van der Waals surface area contributed by atoms with Gasteiger partial charge in [-0.25, -0.2) is 0 Å². The number of halogens is 2. The van der Waals surface area contributed by atoms with E-state index in [0.717, 1.165) is 40.3 Å². The maximum atomic E-state index is 13.2. The van der Waals surface area contributed by atoms with E-state index < -0.39 is 0 Å². The molecule has 1 spiro atoms. The minimum absolute atomic E-state index is 0.152. The summed E-state index contributed by atoms with van der Waals surface area (Å²) in [5.74, 6) is 0.303. The van der Waals surface area contributed by atoms with Gasteiger partial charge in [0.15, 0.2) is 0 Å². The van der Waals surface area contributed by atoms with Crippen LogP contribution in [-0.2, 0) is 4.79 Å². The van der Waals surface area contributed by atoms with E-state index in [9.17, 15) is 4.79 Å². The van der Waals surface area contributed by atoms with Gasteiger partial charge in [-0.2, -0.15) is 0 Å². The molecule has 0 unspecified atom stereocenters. The second kappa shape index (κ2) is 6.30. The van der Waals surface area contributed by atoms with E-state index in [4.69, 9.17) is 0 Å². The van der Waals surface area contributed by atoms with Crippen LogP contribution >= 0.6 is 31.9 Å². The minimum atomic E-state index is -0.195. The number of anilines is 1. The number of β-lactam (4-membered cyclic amide) rings is 1. The van der Waals surface area contributed by atoms with Gasteiger partial charge in [-0.15, -0.1) is 0 Å². The van der Waals surface area contributed by atoms with E-state index in [-0.39, 0.29) is 11.5 Å². The van der Waals surface area contributed by atoms with Crippen molar-refractivity contribution in [2.75, 3.05) is 4.90 Å². The Bertz CT molecular complexity index is 748. The zero-order valence-corrected chi connectivity index (χ0v) is 16.5. The SMILES string of the molecule is O=C1N(c2ccc(Br)cc2)[C@@H](c2ccc(Br)cc2)C12CCCCC2. The van der Waals surface area contributed by atoms with Crippen LogP contribution in [0.5, 0.6) is 0 Å². The quantitative estimate of drug-likeness (QED) is 0.497. The summed E-state index contributed by atoms with van der Waals surface area (Å²) in [6.45, 7) is 0. The normalized spacial score (nSPS) is 22.5. The Kier molecular flexibility index (Phi) is 4.29. The predicted octanol–water partition coefficient (Wildman–Crippen LogP) is 6.25. The Hall–Kier alpha value is -1.13. The summed E-state index contributed by atoms with van der Waals surface area (Å²) >= 11 is 7.00. The van der Waals surface area contributed by atoms with Crippen LogP contribution in [0.1, 0.15) is 43.7 Å². The molecule has 124 valence electrons. The first-order chi connectivity index (χ1) is 11.6. The molecule has 1 heterocycles. The summed E-state index contributed by atoms with van der Waals surface area (Å²) in [6.07, 6.45) is 5.60. The molecular formula is C20H19Br2NO. The first-order valence-corrected chi connectivity index (χ1v) is 10.1. The summed E-state index contributed by atoms with van der Waals surface area (Å²) < 4.78 is 2.11. The van der Waals surface area contributed by atoms with Gasteiger partial charge in [0.1, 0.15) is 0 Å². The monoisotopic (exact) mass is 447 g/mol.